The van der Waals surface area contributed by atoms with Crippen LogP contribution >= 0.6 is 0 Å². The van der Waals surface area contributed by atoms with E-state index in [4.69, 9.17) is 4.74 Å². The maximum atomic E-state index is 5.59. The Hall–Kier alpha value is -0.301. The van der Waals surface area contributed by atoms with Gasteiger partial charge in [-0.1, -0.05) is 0 Å². The molecule has 15 heavy (non-hydrogen) atoms. The second kappa shape index (κ2) is 5.69. The summed E-state index contributed by atoms with van der Waals surface area (Å²) in [4.78, 5) is 0.790. The fourth-order valence-corrected chi connectivity index (χ4v) is 4.97. The van der Waals surface area contributed by atoms with Crippen molar-refractivity contribution in [1.82, 2.24) is 0 Å². The Kier molecular flexibility index (Phi) is 4.25. The molecule has 1 saturated carbocycles. The summed E-state index contributed by atoms with van der Waals surface area (Å²) in [5.74, 6) is 0. The molecule has 0 radical (unpaired) electrons. The van der Waals surface area contributed by atoms with Gasteiger partial charge in [-0.05, 0) is 0 Å². The van der Waals surface area contributed by atoms with Gasteiger partial charge in [0.15, 0.2) is 0 Å². The molecule has 0 aliphatic heterocycles. The van der Waals surface area contributed by atoms with E-state index in [9.17, 15) is 0 Å². The third-order valence-electron chi connectivity index (χ3n) is 2.98. The number of hydrogen-bond donors (Lipinski definition) is 0. The van der Waals surface area contributed by atoms with Crippen molar-refractivity contribution in [2.24, 2.45) is 0 Å². The summed E-state index contributed by atoms with van der Waals surface area (Å²) in [6, 6.07) is 10.9. The minimum atomic E-state index is 0.513. The Morgan fingerprint density at radius 2 is 1.87 bits per heavy atom. The fourth-order valence-electron chi connectivity index (χ4n) is 2.14. The minimum absolute atomic E-state index is 0.513. The monoisotopic (exact) mass is 270 g/mol. The van der Waals surface area contributed by atoms with Crippen molar-refractivity contribution in [1.29, 1.82) is 0 Å². The van der Waals surface area contributed by atoms with Crippen LogP contribution in [-0.2, 0) is 4.74 Å². The van der Waals surface area contributed by atoms with Gasteiger partial charge in [0.1, 0.15) is 0 Å². The summed E-state index contributed by atoms with van der Waals surface area (Å²) in [6.07, 6.45) is 5.86. The molecule has 0 saturated heterocycles. The molecule has 2 rings (SSSR count). The van der Waals surface area contributed by atoms with E-state index in [-0.39, 0.29) is 0 Å². The number of benzene rings is 1. The fraction of sp³-hybridized carbons (Fsp3) is 0.538. The van der Waals surface area contributed by atoms with Crippen molar-refractivity contribution in [2.75, 3.05) is 7.11 Å². The molecule has 1 aliphatic carbocycles. The van der Waals surface area contributed by atoms with Gasteiger partial charge in [-0.25, -0.2) is 0 Å². The Morgan fingerprint density at radius 3 is 2.60 bits per heavy atom. The third kappa shape index (κ3) is 3.07. The molecule has 0 spiro atoms. The van der Waals surface area contributed by atoms with Gasteiger partial charge < -0.3 is 0 Å². The quantitative estimate of drug-likeness (QED) is 0.766. The van der Waals surface area contributed by atoms with E-state index in [0.29, 0.717) is 21.1 Å². The number of methoxy groups -OCH3 is 1. The Balaban J connectivity index is 1.97. The van der Waals surface area contributed by atoms with Gasteiger partial charge in [0.2, 0.25) is 0 Å². The molecule has 1 aromatic rings. The van der Waals surface area contributed by atoms with Crippen LogP contribution in [0.5, 0.6) is 0 Å². The average Bonchev–Trinajstić information content (AvgIpc) is 2.31. The molecule has 0 heterocycles. The summed E-state index contributed by atoms with van der Waals surface area (Å²) in [6.45, 7) is 0. The first kappa shape index (κ1) is 11.2. The van der Waals surface area contributed by atoms with E-state index in [1.807, 2.05) is 7.11 Å². The summed E-state index contributed by atoms with van der Waals surface area (Å²) in [5, 5.41) is 0. The maximum absolute atomic E-state index is 5.59. The zero-order valence-electron chi connectivity index (χ0n) is 9.19. The number of hydrogen-bond acceptors (Lipinski definition) is 1. The SMILES string of the molecule is CO[C@H]1CCCC[C@@H]1[Se]c1ccccc1. The van der Waals surface area contributed by atoms with E-state index in [0.717, 1.165) is 4.82 Å². The molecule has 2 heteroatoms. The zero-order chi connectivity index (χ0) is 10.5. The summed E-state index contributed by atoms with van der Waals surface area (Å²) in [5.41, 5.74) is 0. The van der Waals surface area contributed by atoms with Gasteiger partial charge in [0, 0.05) is 0 Å². The molecule has 0 amide bonds. The molecule has 1 nitrogen and oxygen atoms in total. The predicted octanol–water partition coefficient (Wildman–Crippen LogP) is 2.39. The standard InChI is InChI=1S/C13H18OSe/c1-14-12-9-5-6-10-13(12)15-11-7-3-2-4-8-11/h2-4,7-8,12-13H,5-6,9-10H2,1H3/t12-,13-/m0/s1. The first-order chi connectivity index (χ1) is 7.40. The molecule has 82 valence electrons. The van der Waals surface area contributed by atoms with Crippen LogP contribution < -0.4 is 4.46 Å². The van der Waals surface area contributed by atoms with Crippen molar-refractivity contribution in [3.63, 3.8) is 0 Å². The van der Waals surface area contributed by atoms with E-state index in [2.05, 4.69) is 30.3 Å². The summed E-state index contributed by atoms with van der Waals surface area (Å²) >= 11 is 0.586. The molecule has 0 bridgehead atoms. The van der Waals surface area contributed by atoms with Crippen molar-refractivity contribution in [3.05, 3.63) is 30.3 Å². The van der Waals surface area contributed by atoms with Crippen LogP contribution in [0, 0.1) is 0 Å². The van der Waals surface area contributed by atoms with E-state index in [1.165, 1.54) is 30.1 Å². The van der Waals surface area contributed by atoms with Crippen LogP contribution in [0.4, 0.5) is 0 Å². The summed E-state index contributed by atoms with van der Waals surface area (Å²) < 4.78 is 7.10. The molecule has 1 aliphatic rings. The van der Waals surface area contributed by atoms with Crippen LogP contribution in [-0.4, -0.2) is 28.2 Å². The van der Waals surface area contributed by atoms with Gasteiger partial charge in [0.25, 0.3) is 0 Å². The Bertz CT molecular complexity index is 286. The van der Waals surface area contributed by atoms with Crippen molar-refractivity contribution >= 4 is 19.4 Å². The topological polar surface area (TPSA) is 9.23 Å². The molecular formula is C13H18OSe. The first-order valence-corrected chi connectivity index (χ1v) is 7.49. The van der Waals surface area contributed by atoms with Crippen LogP contribution in [0.3, 0.4) is 0 Å². The van der Waals surface area contributed by atoms with Gasteiger partial charge >= 0.3 is 98.2 Å². The molecule has 0 N–H and O–H groups in total. The van der Waals surface area contributed by atoms with Gasteiger partial charge in [-0.15, -0.1) is 0 Å². The van der Waals surface area contributed by atoms with Crippen LogP contribution in [0.25, 0.3) is 0 Å². The average molecular weight is 269 g/mol. The van der Waals surface area contributed by atoms with Crippen LogP contribution in [0.2, 0.25) is 4.82 Å². The van der Waals surface area contributed by atoms with E-state index < -0.39 is 0 Å². The van der Waals surface area contributed by atoms with Crippen molar-refractivity contribution in [2.45, 2.75) is 36.6 Å². The van der Waals surface area contributed by atoms with Crippen molar-refractivity contribution < 1.29 is 4.74 Å². The molecule has 0 aromatic heterocycles. The van der Waals surface area contributed by atoms with Gasteiger partial charge in [-0.2, -0.15) is 0 Å². The second-order valence-electron chi connectivity index (χ2n) is 4.03. The molecule has 2 atom stereocenters. The number of ether oxygens (including phenoxy) is 1. The first-order valence-electron chi connectivity index (χ1n) is 5.64. The third-order valence-corrected chi connectivity index (χ3v) is 5.88. The van der Waals surface area contributed by atoms with Gasteiger partial charge in [-0.3, -0.25) is 0 Å². The van der Waals surface area contributed by atoms with Gasteiger partial charge in [0.05, 0.1) is 0 Å². The molecule has 0 unspecified atom stereocenters. The van der Waals surface area contributed by atoms with Crippen molar-refractivity contribution in [3.8, 4) is 0 Å². The normalized spacial score (nSPS) is 26.5. The van der Waals surface area contributed by atoms with Crippen LogP contribution in [0.15, 0.2) is 30.3 Å². The molecular weight excluding hydrogens is 251 g/mol. The number of rotatable bonds is 3. The van der Waals surface area contributed by atoms with E-state index in [1.54, 1.807) is 0 Å². The van der Waals surface area contributed by atoms with Crippen LogP contribution in [0.1, 0.15) is 25.7 Å². The Labute approximate surface area is 98.4 Å². The summed E-state index contributed by atoms with van der Waals surface area (Å²) in [7, 11) is 1.87. The predicted molar refractivity (Wildman–Crippen MR) is 64.8 cm³/mol. The zero-order valence-corrected chi connectivity index (χ0v) is 10.9. The molecule has 1 aromatic carbocycles. The van der Waals surface area contributed by atoms with E-state index >= 15 is 0 Å². The second-order valence-corrected chi connectivity index (χ2v) is 6.78. The molecule has 1 fully saturated rings. The Morgan fingerprint density at radius 1 is 1.13 bits per heavy atom.